The quantitative estimate of drug-likeness (QED) is 0.0739. The van der Waals surface area contributed by atoms with E-state index in [1.807, 2.05) is 49.6 Å². The lowest BCUT2D eigenvalue weighted by molar-refractivity contribution is -0.695. The van der Waals surface area contributed by atoms with Crippen molar-refractivity contribution in [3.05, 3.63) is 92.2 Å². The number of nitro benzene ring substituents is 1. The maximum absolute atomic E-state index is 10.9. The minimum absolute atomic E-state index is 0.0803. The first-order valence-electron chi connectivity index (χ1n) is 10.2. The monoisotopic (exact) mass is 516 g/mol. The number of aromatic nitrogens is 1. The standard InChI is InChI=1S/C22H22Cl2N5O2.CHNS/c1-16-5-6-21(26-27-22-19(23)14-18(29(30)31)15-20(22)24)17(13-16)7-8-25-9-12-28-10-3-2-4-11-28;2-1-3/h2-6,10-11,13-15,25H,7-9,12H2,1H3;3H/q+1;/p-1. The second-order valence-corrected chi connectivity index (χ2v) is 8.05. The number of hydrogen-bond acceptors (Lipinski definition) is 7. The molecule has 1 N–H and O–H groups in total. The number of non-ortho nitro benzene ring substituents is 1. The summed E-state index contributed by atoms with van der Waals surface area (Å²) in [6.07, 6.45) is 4.85. The van der Waals surface area contributed by atoms with Crippen molar-refractivity contribution < 1.29 is 9.49 Å². The highest BCUT2D eigenvalue weighted by Gasteiger charge is 2.14. The van der Waals surface area contributed by atoms with E-state index in [0.717, 1.165) is 37.2 Å². The molecule has 0 saturated heterocycles. The molecule has 0 radical (unpaired) electrons. The zero-order valence-electron chi connectivity index (χ0n) is 18.3. The van der Waals surface area contributed by atoms with Crippen LogP contribution in [0.3, 0.4) is 0 Å². The molecule has 0 aliphatic heterocycles. The van der Waals surface area contributed by atoms with Gasteiger partial charge in [-0.15, -0.1) is 5.11 Å². The largest absolute Gasteiger partial charge is 0.696 e. The molecule has 0 unspecified atom stereocenters. The number of nitro groups is 1. The van der Waals surface area contributed by atoms with E-state index in [1.165, 1.54) is 17.5 Å². The van der Waals surface area contributed by atoms with E-state index in [1.54, 1.807) is 0 Å². The fraction of sp³-hybridized carbons (Fsp3) is 0.217. The summed E-state index contributed by atoms with van der Waals surface area (Å²) in [5.74, 6) is 0. The van der Waals surface area contributed by atoms with Crippen LogP contribution in [0.25, 0.3) is 0 Å². The van der Waals surface area contributed by atoms with E-state index in [4.69, 9.17) is 28.5 Å². The van der Waals surface area contributed by atoms with Gasteiger partial charge in [0.1, 0.15) is 5.69 Å². The van der Waals surface area contributed by atoms with Gasteiger partial charge in [-0.2, -0.15) is 5.11 Å². The van der Waals surface area contributed by atoms with Gasteiger partial charge in [-0.1, -0.05) is 52.4 Å². The summed E-state index contributed by atoms with van der Waals surface area (Å²) in [5, 5.41) is 31.5. The number of halogens is 2. The molecule has 0 bridgehead atoms. The van der Waals surface area contributed by atoms with Crippen LogP contribution in [-0.2, 0) is 25.6 Å². The highest BCUT2D eigenvalue weighted by molar-refractivity contribution is 7.64. The Hall–Kier alpha value is -3.16. The number of nitriles is 1. The first-order valence-corrected chi connectivity index (χ1v) is 11.3. The van der Waals surface area contributed by atoms with Gasteiger partial charge in [-0.05, 0) is 31.5 Å². The van der Waals surface area contributed by atoms with Crippen LogP contribution in [0, 0.1) is 27.7 Å². The summed E-state index contributed by atoms with van der Waals surface area (Å²) in [7, 11) is 0. The summed E-state index contributed by atoms with van der Waals surface area (Å²) in [6.45, 7) is 4.55. The number of azo groups is 1. The molecule has 176 valence electrons. The smallest absolute Gasteiger partial charge is 0.272 e. The van der Waals surface area contributed by atoms with Crippen LogP contribution in [0.5, 0.6) is 0 Å². The Bertz CT molecular complexity index is 1160. The number of nitrogens with zero attached hydrogens (tertiary/aromatic N) is 5. The Balaban J connectivity index is 0.00000129. The second-order valence-electron chi connectivity index (χ2n) is 7.05. The maximum atomic E-state index is 10.9. The molecule has 34 heavy (non-hydrogen) atoms. The highest BCUT2D eigenvalue weighted by atomic mass is 35.5. The van der Waals surface area contributed by atoms with E-state index in [-0.39, 0.29) is 21.4 Å². The Labute approximate surface area is 213 Å². The van der Waals surface area contributed by atoms with E-state index in [0.29, 0.717) is 5.69 Å². The Morgan fingerprint density at radius 2 is 1.76 bits per heavy atom. The topological polar surface area (TPSA) is 108 Å². The third-order valence-corrected chi connectivity index (χ3v) is 5.18. The Morgan fingerprint density at radius 1 is 1.12 bits per heavy atom. The molecule has 0 aliphatic carbocycles. The van der Waals surface area contributed by atoms with Crippen molar-refractivity contribution in [3.8, 4) is 5.40 Å². The normalized spacial score (nSPS) is 10.4. The zero-order valence-corrected chi connectivity index (χ0v) is 20.6. The summed E-state index contributed by atoms with van der Waals surface area (Å²) < 4.78 is 2.12. The molecule has 3 aromatic rings. The molecule has 0 saturated carbocycles. The van der Waals surface area contributed by atoms with Crippen molar-refractivity contribution in [2.24, 2.45) is 10.2 Å². The van der Waals surface area contributed by atoms with Crippen molar-refractivity contribution in [3.63, 3.8) is 0 Å². The summed E-state index contributed by atoms with van der Waals surface area (Å²) in [5.41, 5.74) is 2.89. The number of pyridine rings is 1. The molecule has 1 aromatic heterocycles. The van der Waals surface area contributed by atoms with Crippen LogP contribution >= 0.6 is 23.2 Å². The van der Waals surface area contributed by atoms with Crippen LogP contribution in [0.1, 0.15) is 11.1 Å². The highest BCUT2D eigenvalue weighted by Crippen LogP contribution is 2.38. The molecule has 0 amide bonds. The number of rotatable bonds is 9. The van der Waals surface area contributed by atoms with E-state index in [9.17, 15) is 10.1 Å². The Morgan fingerprint density at radius 3 is 2.38 bits per heavy atom. The van der Waals surface area contributed by atoms with E-state index in [2.05, 4.69) is 38.8 Å². The number of aryl methyl sites for hydroxylation is 1. The molecule has 0 aliphatic rings. The predicted octanol–water partition coefficient (Wildman–Crippen LogP) is 5.76. The molecule has 11 heteroatoms. The van der Waals surface area contributed by atoms with Gasteiger partial charge in [0.2, 0.25) is 0 Å². The predicted molar refractivity (Wildman–Crippen MR) is 135 cm³/mol. The first kappa shape index (κ1) is 27.1. The summed E-state index contributed by atoms with van der Waals surface area (Å²) in [4.78, 5) is 10.4. The van der Waals surface area contributed by atoms with Crippen LogP contribution in [0.4, 0.5) is 17.1 Å². The van der Waals surface area contributed by atoms with Gasteiger partial charge in [0.05, 0.1) is 27.2 Å². The fourth-order valence-corrected chi connectivity index (χ4v) is 3.56. The SMILES string of the molecule is Cc1ccc(N=Nc2c(Cl)cc([N+](=O)[O-])cc2Cl)c(CCNCC[n+]2ccccc2)c1.N#C[S-]. The molecule has 2 aromatic carbocycles. The molecular weight excluding hydrogens is 495 g/mol. The maximum Gasteiger partial charge on any atom is 0.272 e. The lowest BCUT2D eigenvalue weighted by Crippen LogP contribution is -2.38. The second kappa shape index (κ2) is 14.2. The molecule has 8 nitrogen and oxygen atoms in total. The minimum Gasteiger partial charge on any atom is -0.696 e. The fourth-order valence-electron chi connectivity index (χ4n) is 3.01. The minimum atomic E-state index is -0.555. The van der Waals surface area contributed by atoms with Gasteiger partial charge < -0.3 is 17.9 Å². The zero-order chi connectivity index (χ0) is 24.9. The van der Waals surface area contributed by atoms with Gasteiger partial charge in [0, 0.05) is 24.3 Å². The average molecular weight is 517 g/mol. The van der Waals surface area contributed by atoms with E-state index >= 15 is 0 Å². The number of hydrogen-bond donors (Lipinski definition) is 1. The van der Waals surface area contributed by atoms with Crippen LogP contribution in [0.2, 0.25) is 10.0 Å². The third kappa shape index (κ3) is 8.65. The van der Waals surface area contributed by atoms with Gasteiger partial charge in [-0.25, -0.2) is 9.83 Å². The average Bonchev–Trinajstić information content (AvgIpc) is 2.80. The van der Waals surface area contributed by atoms with Gasteiger partial charge >= 0.3 is 0 Å². The molecule has 0 atom stereocenters. The van der Waals surface area contributed by atoms with Crippen molar-refractivity contribution in [2.45, 2.75) is 19.9 Å². The summed E-state index contributed by atoms with van der Waals surface area (Å²) >= 11 is 15.9. The van der Waals surface area contributed by atoms with Crippen molar-refractivity contribution in [1.29, 1.82) is 5.26 Å². The van der Waals surface area contributed by atoms with Gasteiger partial charge in [-0.3, -0.25) is 10.1 Å². The lowest BCUT2D eigenvalue weighted by atomic mass is 10.1. The number of thiocyanates is 1. The van der Waals surface area contributed by atoms with E-state index < -0.39 is 4.92 Å². The molecule has 1 heterocycles. The molecular formula is C23H22Cl2N6O2S. The molecule has 0 spiro atoms. The van der Waals surface area contributed by atoms with Crippen LogP contribution in [0.15, 0.2) is 71.2 Å². The lowest BCUT2D eigenvalue weighted by Gasteiger charge is -2.08. The van der Waals surface area contributed by atoms with Crippen molar-refractivity contribution in [1.82, 2.24) is 5.32 Å². The number of nitrogens with one attached hydrogen (secondary N) is 1. The third-order valence-electron chi connectivity index (χ3n) is 4.60. The molecule has 3 rings (SSSR count). The molecule has 0 fully saturated rings. The van der Waals surface area contributed by atoms with Gasteiger partial charge in [0.25, 0.3) is 5.69 Å². The van der Waals surface area contributed by atoms with Crippen molar-refractivity contribution >= 4 is 52.9 Å². The van der Waals surface area contributed by atoms with Crippen LogP contribution < -0.4 is 9.88 Å². The first-order chi connectivity index (χ1) is 16.3. The van der Waals surface area contributed by atoms with Crippen molar-refractivity contribution in [2.75, 3.05) is 13.1 Å². The number of benzene rings is 2. The van der Waals surface area contributed by atoms with Crippen LogP contribution in [-0.4, -0.2) is 18.0 Å². The summed E-state index contributed by atoms with van der Waals surface area (Å²) in [6, 6.07) is 14.4. The Kier molecular flexibility index (Phi) is 11.3. The van der Waals surface area contributed by atoms with Gasteiger partial charge in [0.15, 0.2) is 18.9 Å².